The van der Waals surface area contributed by atoms with E-state index >= 15 is 0 Å². The summed E-state index contributed by atoms with van der Waals surface area (Å²) < 4.78 is 1.75. The minimum atomic E-state index is -0.331. The van der Waals surface area contributed by atoms with Crippen molar-refractivity contribution in [3.05, 3.63) is 69.8 Å². The van der Waals surface area contributed by atoms with Gasteiger partial charge in [-0.2, -0.15) is 16.9 Å². The maximum Gasteiger partial charge on any atom is 0.324 e. The Morgan fingerprint density at radius 3 is 2.31 bits per heavy atom. The van der Waals surface area contributed by atoms with Gasteiger partial charge in [0.05, 0.1) is 11.4 Å². The van der Waals surface area contributed by atoms with Crippen LogP contribution in [0.15, 0.2) is 48.5 Å². The van der Waals surface area contributed by atoms with Gasteiger partial charge in [-0.1, -0.05) is 23.2 Å². The highest BCUT2D eigenvalue weighted by Gasteiger charge is 2.24. The normalized spacial score (nSPS) is 12.7. The van der Waals surface area contributed by atoms with Crippen LogP contribution in [0.5, 0.6) is 0 Å². The zero-order valence-corrected chi connectivity index (χ0v) is 15.8. The van der Waals surface area contributed by atoms with E-state index in [1.54, 1.807) is 52.8 Å². The molecule has 0 saturated heterocycles. The van der Waals surface area contributed by atoms with E-state index in [1.807, 2.05) is 12.1 Å². The van der Waals surface area contributed by atoms with Crippen LogP contribution in [0.1, 0.15) is 11.3 Å². The van der Waals surface area contributed by atoms with Crippen molar-refractivity contribution < 1.29 is 4.79 Å². The zero-order valence-electron chi connectivity index (χ0n) is 13.5. The Hall–Kier alpha value is -2.15. The van der Waals surface area contributed by atoms with E-state index in [1.165, 1.54) is 0 Å². The Morgan fingerprint density at radius 2 is 1.62 bits per heavy atom. The van der Waals surface area contributed by atoms with E-state index in [2.05, 4.69) is 15.7 Å². The zero-order chi connectivity index (χ0) is 18.1. The largest absolute Gasteiger partial charge is 0.324 e. The van der Waals surface area contributed by atoms with Crippen LogP contribution in [0, 0.1) is 0 Å². The first-order valence-corrected chi connectivity index (χ1v) is 9.79. The Labute approximate surface area is 164 Å². The minimum Gasteiger partial charge on any atom is -0.308 e. The second-order valence-corrected chi connectivity index (χ2v) is 7.60. The second kappa shape index (κ2) is 7.23. The Morgan fingerprint density at radius 1 is 0.962 bits per heavy atom. The van der Waals surface area contributed by atoms with Crippen molar-refractivity contribution in [2.75, 3.05) is 10.6 Å². The third-order valence-electron chi connectivity index (χ3n) is 3.96. The van der Waals surface area contributed by atoms with Crippen molar-refractivity contribution in [3.63, 3.8) is 0 Å². The number of thioether (sulfide) groups is 1. The summed E-state index contributed by atoms with van der Waals surface area (Å²) in [4.78, 5) is 12.5. The van der Waals surface area contributed by atoms with Crippen molar-refractivity contribution in [3.8, 4) is 5.69 Å². The SMILES string of the molecule is O=C(Nc1ccc(Cl)cc1)Nc1c2c(nn1-c1ccc(Cl)cc1)CSC2. The third kappa shape index (κ3) is 3.53. The number of aromatic nitrogens is 2. The Kier molecular flexibility index (Phi) is 4.80. The monoisotopic (exact) mass is 404 g/mol. The van der Waals surface area contributed by atoms with Gasteiger partial charge in [0.1, 0.15) is 5.82 Å². The summed E-state index contributed by atoms with van der Waals surface area (Å²) in [5.41, 5.74) is 3.55. The first-order valence-electron chi connectivity index (χ1n) is 7.88. The fraction of sp³-hybridized carbons (Fsp3) is 0.111. The van der Waals surface area contributed by atoms with Crippen LogP contribution in [0.2, 0.25) is 10.0 Å². The maximum absolute atomic E-state index is 12.5. The molecule has 2 N–H and O–H groups in total. The number of benzene rings is 2. The van der Waals surface area contributed by atoms with E-state index in [4.69, 9.17) is 23.2 Å². The molecule has 0 aliphatic carbocycles. The Balaban J connectivity index is 1.61. The molecular weight excluding hydrogens is 391 g/mol. The van der Waals surface area contributed by atoms with Crippen molar-refractivity contribution in [2.45, 2.75) is 11.5 Å². The van der Waals surface area contributed by atoms with Crippen molar-refractivity contribution in [2.24, 2.45) is 0 Å². The van der Waals surface area contributed by atoms with Gasteiger partial charge in [-0.3, -0.25) is 5.32 Å². The highest BCUT2D eigenvalue weighted by atomic mass is 35.5. The highest BCUT2D eigenvalue weighted by molar-refractivity contribution is 7.98. The van der Waals surface area contributed by atoms with Gasteiger partial charge >= 0.3 is 6.03 Å². The molecule has 1 aliphatic rings. The van der Waals surface area contributed by atoms with Crippen molar-refractivity contribution in [1.29, 1.82) is 0 Å². The van der Waals surface area contributed by atoms with Crippen LogP contribution in [0.4, 0.5) is 16.3 Å². The van der Waals surface area contributed by atoms with Gasteiger partial charge in [-0.05, 0) is 48.5 Å². The lowest BCUT2D eigenvalue weighted by Gasteiger charge is -2.12. The number of urea groups is 1. The molecule has 0 fully saturated rings. The van der Waals surface area contributed by atoms with Gasteiger partial charge in [0.2, 0.25) is 0 Å². The third-order valence-corrected chi connectivity index (χ3v) is 5.43. The van der Waals surface area contributed by atoms with Crippen LogP contribution in [-0.2, 0) is 11.5 Å². The molecule has 26 heavy (non-hydrogen) atoms. The quantitative estimate of drug-likeness (QED) is 0.599. The number of hydrogen-bond acceptors (Lipinski definition) is 3. The number of carbonyl (C=O) groups excluding carboxylic acids is 1. The molecule has 0 bridgehead atoms. The molecule has 1 aromatic heterocycles. The number of fused-ring (bicyclic) bond motifs is 1. The van der Waals surface area contributed by atoms with Crippen LogP contribution in [0.25, 0.3) is 5.69 Å². The number of hydrogen-bond donors (Lipinski definition) is 2. The molecule has 4 rings (SSSR count). The van der Waals surface area contributed by atoms with Gasteiger partial charge in [0.15, 0.2) is 0 Å². The molecule has 8 heteroatoms. The second-order valence-electron chi connectivity index (χ2n) is 5.74. The van der Waals surface area contributed by atoms with Crippen LogP contribution in [0.3, 0.4) is 0 Å². The van der Waals surface area contributed by atoms with E-state index in [-0.39, 0.29) is 6.03 Å². The van der Waals surface area contributed by atoms with Crippen LogP contribution < -0.4 is 10.6 Å². The van der Waals surface area contributed by atoms with Gasteiger partial charge in [0, 0.05) is 32.8 Å². The summed E-state index contributed by atoms with van der Waals surface area (Å²) in [5.74, 6) is 2.34. The summed E-state index contributed by atoms with van der Waals surface area (Å²) >= 11 is 13.6. The molecule has 0 radical (unpaired) electrons. The average Bonchev–Trinajstić information content (AvgIpc) is 3.21. The molecule has 0 unspecified atom stereocenters. The number of anilines is 2. The smallest absolute Gasteiger partial charge is 0.308 e. The topological polar surface area (TPSA) is 59.0 Å². The van der Waals surface area contributed by atoms with E-state index in [9.17, 15) is 4.79 Å². The molecule has 0 atom stereocenters. The van der Waals surface area contributed by atoms with Crippen molar-refractivity contribution in [1.82, 2.24) is 9.78 Å². The molecule has 132 valence electrons. The first kappa shape index (κ1) is 17.3. The van der Waals surface area contributed by atoms with Crippen molar-refractivity contribution >= 4 is 52.5 Å². The molecule has 2 heterocycles. The van der Waals surface area contributed by atoms with E-state index < -0.39 is 0 Å². The highest BCUT2D eigenvalue weighted by Crippen LogP contribution is 2.36. The number of rotatable bonds is 3. The Bertz CT molecular complexity index is 955. The number of carbonyl (C=O) groups is 1. The summed E-state index contributed by atoms with van der Waals surface area (Å²) in [5, 5.41) is 11.7. The average molecular weight is 405 g/mol. The summed E-state index contributed by atoms with van der Waals surface area (Å²) in [6.07, 6.45) is 0. The summed E-state index contributed by atoms with van der Waals surface area (Å²) in [6, 6.07) is 14.0. The lowest BCUT2D eigenvalue weighted by atomic mass is 10.2. The number of nitrogens with zero attached hydrogens (tertiary/aromatic N) is 2. The molecule has 0 spiro atoms. The van der Waals surface area contributed by atoms with Crippen LogP contribution in [-0.4, -0.2) is 15.8 Å². The fourth-order valence-electron chi connectivity index (χ4n) is 2.71. The molecule has 3 aromatic rings. The van der Waals surface area contributed by atoms with Crippen LogP contribution >= 0.6 is 35.0 Å². The molecule has 2 aromatic carbocycles. The standard InChI is InChI=1S/C18H14Cl2N4OS/c19-11-1-5-13(6-2-11)21-18(25)22-17-15-9-26-10-16(15)23-24(17)14-7-3-12(20)4-8-14/h1-8H,9-10H2,(H2,21,22,25). The molecular formula is C18H14Cl2N4OS. The first-order chi connectivity index (χ1) is 12.6. The molecule has 1 aliphatic heterocycles. The molecule has 5 nitrogen and oxygen atoms in total. The van der Waals surface area contributed by atoms with E-state index in [0.717, 1.165) is 28.5 Å². The lowest BCUT2D eigenvalue weighted by Crippen LogP contribution is -2.22. The minimum absolute atomic E-state index is 0.331. The van der Waals surface area contributed by atoms with Gasteiger partial charge in [-0.25, -0.2) is 9.48 Å². The summed E-state index contributed by atoms with van der Waals surface area (Å²) in [7, 11) is 0. The fourth-order valence-corrected chi connectivity index (χ4v) is 4.00. The van der Waals surface area contributed by atoms with Gasteiger partial charge < -0.3 is 5.32 Å². The number of amides is 2. The van der Waals surface area contributed by atoms with Gasteiger partial charge in [0.25, 0.3) is 0 Å². The number of halogens is 2. The van der Waals surface area contributed by atoms with Gasteiger partial charge in [-0.15, -0.1) is 0 Å². The predicted molar refractivity (Wildman–Crippen MR) is 108 cm³/mol. The number of nitrogens with one attached hydrogen (secondary N) is 2. The molecule has 0 saturated carbocycles. The summed E-state index contributed by atoms with van der Waals surface area (Å²) in [6.45, 7) is 0. The maximum atomic E-state index is 12.5. The lowest BCUT2D eigenvalue weighted by molar-refractivity contribution is 0.262. The predicted octanol–water partition coefficient (Wildman–Crippen LogP) is 5.57. The molecule has 2 amide bonds. The van der Waals surface area contributed by atoms with E-state index in [0.29, 0.717) is 21.6 Å².